The maximum Gasteiger partial charge on any atom is 0.0731 e. The summed E-state index contributed by atoms with van der Waals surface area (Å²) >= 11 is 1.74. The van der Waals surface area contributed by atoms with E-state index in [9.17, 15) is 0 Å². The molecule has 1 unspecified atom stereocenters. The zero-order valence-electron chi connectivity index (χ0n) is 11.2. The summed E-state index contributed by atoms with van der Waals surface area (Å²) in [4.78, 5) is 1.27. The molecule has 2 aromatic rings. The van der Waals surface area contributed by atoms with E-state index >= 15 is 0 Å². The van der Waals surface area contributed by atoms with Crippen LogP contribution in [0.15, 0.2) is 41.6 Å². The molecular formula is C14H19N3OS. The van der Waals surface area contributed by atoms with Gasteiger partial charge in [-0.25, -0.2) is 0 Å². The minimum atomic E-state index is 0.104. The van der Waals surface area contributed by atoms with Crippen molar-refractivity contribution in [1.29, 1.82) is 0 Å². The fraction of sp³-hybridized carbons (Fsp3) is 0.357. The monoisotopic (exact) mass is 277 g/mol. The Labute approximate surface area is 117 Å². The number of rotatable bonds is 6. The van der Waals surface area contributed by atoms with Gasteiger partial charge in [-0.05, 0) is 30.9 Å². The van der Waals surface area contributed by atoms with Crippen LogP contribution in [0, 0.1) is 0 Å². The minimum Gasteiger partial charge on any atom is -0.394 e. The van der Waals surface area contributed by atoms with Crippen LogP contribution >= 0.6 is 11.8 Å². The first-order valence-corrected chi connectivity index (χ1v) is 7.49. The van der Waals surface area contributed by atoms with E-state index in [1.54, 1.807) is 22.6 Å². The van der Waals surface area contributed by atoms with Crippen molar-refractivity contribution in [2.75, 3.05) is 18.2 Å². The largest absolute Gasteiger partial charge is 0.394 e. The third kappa shape index (κ3) is 3.75. The van der Waals surface area contributed by atoms with Gasteiger partial charge in [-0.15, -0.1) is 11.8 Å². The highest BCUT2D eigenvalue weighted by molar-refractivity contribution is 7.98. The Morgan fingerprint density at radius 1 is 1.37 bits per heavy atom. The summed E-state index contributed by atoms with van der Waals surface area (Å²) in [5.41, 5.74) is 2.21. The number of nitrogens with one attached hydrogen (secondary N) is 1. The first kappa shape index (κ1) is 14.0. The molecular weight excluding hydrogens is 258 g/mol. The van der Waals surface area contributed by atoms with Crippen LogP contribution in [0.1, 0.15) is 18.5 Å². The second-order valence-electron chi connectivity index (χ2n) is 4.35. The number of hydrogen-bond acceptors (Lipinski definition) is 4. The van der Waals surface area contributed by atoms with E-state index in [0.717, 1.165) is 5.69 Å². The summed E-state index contributed by atoms with van der Waals surface area (Å²) in [7, 11) is 0. The predicted octanol–water partition coefficient (Wildman–Crippen LogP) is 2.77. The van der Waals surface area contributed by atoms with Crippen molar-refractivity contribution in [2.45, 2.75) is 24.4 Å². The van der Waals surface area contributed by atoms with Gasteiger partial charge >= 0.3 is 0 Å². The van der Waals surface area contributed by atoms with Crippen LogP contribution in [-0.2, 0) is 6.54 Å². The number of hydrogen-bond donors (Lipinski definition) is 2. The quantitative estimate of drug-likeness (QED) is 0.797. The molecule has 0 aliphatic rings. The fourth-order valence-corrected chi connectivity index (χ4v) is 2.30. The molecule has 0 spiro atoms. The number of aliphatic hydroxyl groups excluding tert-OH is 1. The molecule has 1 heterocycles. The van der Waals surface area contributed by atoms with E-state index in [-0.39, 0.29) is 12.6 Å². The number of anilines is 1. The second kappa shape index (κ2) is 6.63. The molecule has 0 amide bonds. The van der Waals surface area contributed by atoms with Crippen LogP contribution in [0.4, 0.5) is 5.69 Å². The van der Waals surface area contributed by atoms with Crippen LogP contribution in [0.2, 0.25) is 0 Å². The summed E-state index contributed by atoms with van der Waals surface area (Å²) in [6.45, 7) is 2.75. The van der Waals surface area contributed by atoms with Crippen LogP contribution in [0.5, 0.6) is 0 Å². The van der Waals surface area contributed by atoms with E-state index in [4.69, 9.17) is 5.11 Å². The molecule has 0 aliphatic heterocycles. The average molecular weight is 277 g/mol. The molecule has 1 aromatic heterocycles. The van der Waals surface area contributed by atoms with Crippen molar-refractivity contribution in [3.8, 4) is 0 Å². The predicted molar refractivity (Wildman–Crippen MR) is 79.6 cm³/mol. The van der Waals surface area contributed by atoms with Crippen LogP contribution in [-0.4, -0.2) is 27.7 Å². The first-order valence-electron chi connectivity index (χ1n) is 6.26. The highest BCUT2D eigenvalue weighted by atomic mass is 32.2. The Balaban J connectivity index is 2.00. The molecule has 19 heavy (non-hydrogen) atoms. The molecule has 1 atom stereocenters. The zero-order chi connectivity index (χ0) is 13.7. The number of thioether (sulfide) groups is 1. The van der Waals surface area contributed by atoms with Gasteiger partial charge < -0.3 is 10.4 Å². The number of aliphatic hydroxyl groups is 1. The molecule has 0 aliphatic carbocycles. The number of benzene rings is 1. The van der Waals surface area contributed by atoms with Gasteiger partial charge in [-0.3, -0.25) is 4.68 Å². The lowest BCUT2D eigenvalue weighted by Gasteiger charge is -2.14. The molecule has 2 rings (SSSR count). The van der Waals surface area contributed by atoms with E-state index < -0.39 is 0 Å². The minimum absolute atomic E-state index is 0.104. The molecule has 4 nitrogen and oxygen atoms in total. The number of nitrogens with zero attached hydrogens (tertiary/aromatic N) is 2. The molecule has 0 saturated heterocycles. The Morgan fingerprint density at radius 3 is 2.74 bits per heavy atom. The summed E-state index contributed by atoms with van der Waals surface area (Å²) in [5.74, 6) is 0. The molecule has 0 saturated carbocycles. The normalized spacial score (nSPS) is 12.4. The number of aromatic nitrogens is 2. The molecule has 0 fully saturated rings. The van der Waals surface area contributed by atoms with Crippen molar-refractivity contribution >= 4 is 17.4 Å². The molecule has 0 bridgehead atoms. The smallest absolute Gasteiger partial charge is 0.0731 e. The lowest BCUT2D eigenvalue weighted by atomic mass is 10.1. The van der Waals surface area contributed by atoms with E-state index in [0.29, 0.717) is 6.54 Å². The summed E-state index contributed by atoms with van der Waals surface area (Å²) in [6.07, 6.45) is 5.76. The van der Waals surface area contributed by atoms with Crippen molar-refractivity contribution in [1.82, 2.24) is 9.78 Å². The summed E-state index contributed by atoms with van der Waals surface area (Å²) < 4.78 is 1.73. The van der Waals surface area contributed by atoms with E-state index in [2.05, 4.69) is 47.9 Å². The Kier molecular flexibility index (Phi) is 4.87. The van der Waals surface area contributed by atoms with Gasteiger partial charge in [0, 0.05) is 17.1 Å². The maximum absolute atomic E-state index is 8.85. The highest BCUT2D eigenvalue weighted by Gasteiger charge is 2.06. The van der Waals surface area contributed by atoms with Crippen molar-refractivity contribution in [3.63, 3.8) is 0 Å². The van der Waals surface area contributed by atoms with Crippen molar-refractivity contribution in [3.05, 3.63) is 42.2 Å². The van der Waals surface area contributed by atoms with E-state index in [1.165, 1.54) is 10.5 Å². The average Bonchev–Trinajstić information content (AvgIpc) is 2.86. The topological polar surface area (TPSA) is 50.1 Å². The summed E-state index contributed by atoms with van der Waals surface area (Å²) in [6, 6.07) is 8.77. The van der Waals surface area contributed by atoms with Crippen molar-refractivity contribution < 1.29 is 5.11 Å². The third-order valence-corrected chi connectivity index (χ3v) is 3.70. The first-order chi connectivity index (χ1) is 9.22. The molecule has 1 aromatic carbocycles. The SMILES string of the molecule is CSc1ccc(C(C)Nc2cnn(CCO)c2)cc1. The molecule has 0 radical (unpaired) electrons. The van der Waals surface area contributed by atoms with Gasteiger partial charge in [-0.2, -0.15) is 5.10 Å². The van der Waals surface area contributed by atoms with Crippen LogP contribution < -0.4 is 5.32 Å². The molecule has 102 valence electrons. The van der Waals surface area contributed by atoms with Gasteiger partial charge in [0.05, 0.1) is 25.0 Å². The highest BCUT2D eigenvalue weighted by Crippen LogP contribution is 2.21. The van der Waals surface area contributed by atoms with Gasteiger partial charge in [-0.1, -0.05) is 12.1 Å². The van der Waals surface area contributed by atoms with Crippen LogP contribution in [0.25, 0.3) is 0 Å². The lowest BCUT2D eigenvalue weighted by molar-refractivity contribution is 0.269. The van der Waals surface area contributed by atoms with Crippen LogP contribution in [0.3, 0.4) is 0 Å². The summed E-state index contributed by atoms with van der Waals surface area (Å²) in [5, 5.41) is 16.4. The van der Waals surface area contributed by atoms with Gasteiger partial charge in [0.15, 0.2) is 0 Å². The van der Waals surface area contributed by atoms with Gasteiger partial charge in [0.25, 0.3) is 0 Å². The lowest BCUT2D eigenvalue weighted by Crippen LogP contribution is -2.06. The molecule has 5 heteroatoms. The Bertz CT molecular complexity index is 510. The fourth-order valence-electron chi connectivity index (χ4n) is 1.89. The van der Waals surface area contributed by atoms with Gasteiger partial charge in [0.2, 0.25) is 0 Å². The van der Waals surface area contributed by atoms with Crippen molar-refractivity contribution in [2.24, 2.45) is 0 Å². The van der Waals surface area contributed by atoms with E-state index in [1.807, 2.05) is 6.20 Å². The maximum atomic E-state index is 8.85. The van der Waals surface area contributed by atoms with Gasteiger partial charge in [0.1, 0.15) is 0 Å². The Morgan fingerprint density at radius 2 is 2.11 bits per heavy atom. The third-order valence-electron chi connectivity index (χ3n) is 2.96. The molecule has 2 N–H and O–H groups in total. The standard InChI is InChI=1S/C14H19N3OS/c1-11(12-3-5-14(19-2)6-4-12)16-13-9-15-17(10-13)7-8-18/h3-6,9-11,16,18H,7-8H2,1-2H3. The second-order valence-corrected chi connectivity index (χ2v) is 5.23. The Hall–Kier alpha value is -1.46. The zero-order valence-corrected chi connectivity index (χ0v) is 12.0.